The van der Waals surface area contributed by atoms with E-state index in [1.54, 1.807) is 0 Å². The van der Waals surface area contributed by atoms with E-state index in [1.165, 1.54) is 5.56 Å². The van der Waals surface area contributed by atoms with Gasteiger partial charge in [-0.15, -0.1) is 0 Å². The Labute approximate surface area is 115 Å². The number of carbonyl (C=O) groups excluding carboxylic acids is 1. The molecule has 0 aromatic heterocycles. The average Bonchev–Trinajstić information content (AvgIpc) is 2.27. The van der Waals surface area contributed by atoms with Crippen LogP contribution in [0.2, 0.25) is 0 Å². The minimum atomic E-state index is -0.260. The zero-order chi connectivity index (χ0) is 14.3. The quantitative estimate of drug-likeness (QED) is 0.700. The predicted octanol–water partition coefficient (Wildman–Crippen LogP) is 1.64. The highest BCUT2D eigenvalue weighted by Crippen LogP contribution is 2.09. The Hall–Kier alpha value is -1.55. The molecule has 4 heteroatoms. The van der Waals surface area contributed by atoms with Gasteiger partial charge in [0.05, 0.1) is 6.54 Å². The van der Waals surface area contributed by atoms with Crippen molar-refractivity contribution < 1.29 is 4.79 Å². The molecule has 0 aliphatic rings. The first kappa shape index (κ1) is 15.5. The lowest BCUT2D eigenvalue weighted by Crippen LogP contribution is -2.37. The van der Waals surface area contributed by atoms with Crippen LogP contribution in [0, 0.1) is 5.92 Å². The molecular formula is C15H25N3O. The normalized spacial score (nSPS) is 11.2. The van der Waals surface area contributed by atoms with Crippen molar-refractivity contribution >= 4 is 11.6 Å². The first-order valence-electron chi connectivity index (χ1n) is 6.82. The zero-order valence-corrected chi connectivity index (χ0v) is 11.9. The average molecular weight is 263 g/mol. The summed E-state index contributed by atoms with van der Waals surface area (Å²) in [7, 11) is 0. The molecule has 106 valence electrons. The number of hydrogen-bond donors (Lipinski definition) is 2. The van der Waals surface area contributed by atoms with E-state index in [0.717, 1.165) is 31.6 Å². The predicted molar refractivity (Wildman–Crippen MR) is 79.6 cm³/mol. The fourth-order valence-corrected chi connectivity index (χ4v) is 2.23. The van der Waals surface area contributed by atoms with Gasteiger partial charge in [-0.1, -0.05) is 26.0 Å². The van der Waals surface area contributed by atoms with Crippen molar-refractivity contribution in [2.24, 2.45) is 11.7 Å². The van der Waals surface area contributed by atoms with Crippen molar-refractivity contribution in [1.82, 2.24) is 4.90 Å². The van der Waals surface area contributed by atoms with Gasteiger partial charge in [-0.25, -0.2) is 0 Å². The number of amides is 1. The number of nitrogen functional groups attached to an aromatic ring is 1. The topological polar surface area (TPSA) is 72.3 Å². The molecule has 0 fully saturated rings. The maximum absolute atomic E-state index is 11.0. The summed E-state index contributed by atoms with van der Waals surface area (Å²) < 4.78 is 0. The minimum Gasteiger partial charge on any atom is -0.399 e. The summed E-state index contributed by atoms with van der Waals surface area (Å²) in [6, 6.07) is 7.94. The third kappa shape index (κ3) is 6.82. The monoisotopic (exact) mass is 263 g/mol. The Kier molecular flexibility index (Phi) is 6.36. The van der Waals surface area contributed by atoms with Crippen molar-refractivity contribution in [2.75, 3.05) is 25.4 Å². The molecule has 4 nitrogen and oxygen atoms in total. The maximum Gasteiger partial charge on any atom is 0.231 e. The Morgan fingerprint density at radius 3 is 2.68 bits per heavy atom. The molecule has 4 N–H and O–H groups in total. The molecule has 0 aliphatic heterocycles. The fourth-order valence-electron chi connectivity index (χ4n) is 2.23. The number of aryl methyl sites for hydroxylation is 1. The van der Waals surface area contributed by atoms with E-state index in [-0.39, 0.29) is 5.91 Å². The first-order chi connectivity index (χ1) is 8.97. The summed E-state index contributed by atoms with van der Waals surface area (Å²) in [6.07, 6.45) is 1.97. The number of nitrogens with zero attached hydrogens (tertiary/aromatic N) is 1. The number of primary amides is 1. The van der Waals surface area contributed by atoms with Crippen LogP contribution < -0.4 is 11.5 Å². The zero-order valence-electron chi connectivity index (χ0n) is 11.9. The second-order valence-electron chi connectivity index (χ2n) is 5.44. The largest absolute Gasteiger partial charge is 0.399 e. The Morgan fingerprint density at radius 1 is 1.37 bits per heavy atom. The Morgan fingerprint density at radius 2 is 2.11 bits per heavy atom. The Balaban J connectivity index is 2.40. The van der Waals surface area contributed by atoms with E-state index in [0.29, 0.717) is 12.5 Å². The van der Waals surface area contributed by atoms with Crippen LogP contribution in [0.15, 0.2) is 24.3 Å². The van der Waals surface area contributed by atoms with Gasteiger partial charge in [0.1, 0.15) is 0 Å². The highest BCUT2D eigenvalue weighted by Gasteiger charge is 2.09. The smallest absolute Gasteiger partial charge is 0.231 e. The molecule has 0 saturated carbocycles. The van der Waals surface area contributed by atoms with E-state index in [9.17, 15) is 4.79 Å². The van der Waals surface area contributed by atoms with Gasteiger partial charge >= 0.3 is 0 Å². The lowest BCUT2D eigenvalue weighted by atomic mass is 10.1. The summed E-state index contributed by atoms with van der Waals surface area (Å²) >= 11 is 0. The molecule has 0 heterocycles. The lowest BCUT2D eigenvalue weighted by molar-refractivity contribution is -0.119. The molecule has 0 spiro atoms. The standard InChI is InChI=1S/C15H25N3O/c1-12(2)10-18(11-15(17)19)8-4-6-13-5-3-7-14(16)9-13/h3,5,7,9,12H,4,6,8,10-11,16H2,1-2H3,(H2,17,19). The molecule has 19 heavy (non-hydrogen) atoms. The number of nitrogens with two attached hydrogens (primary N) is 2. The SMILES string of the molecule is CC(C)CN(CCCc1cccc(N)c1)CC(N)=O. The molecule has 0 atom stereocenters. The number of carbonyl (C=O) groups is 1. The van der Waals surface area contributed by atoms with Gasteiger partial charge in [-0.3, -0.25) is 9.69 Å². The van der Waals surface area contributed by atoms with Crippen LogP contribution in [0.5, 0.6) is 0 Å². The molecule has 0 bridgehead atoms. The first-order valence-corrected chi connectivity index (χ1v) is 6.82. The van der Waals surface area contributed by atoms with Crippen molar-refractivity contribution in [1.29, 1.82) is 0 Å². The van der Waals surface area contributed by atoms with Crippen LogP contribution in [-0.2, 0) is 11.2 Å². The van der Waals surface area contributed by atoms with Crippen LogP contribution in [-0.4, -0.2) is 30.4 Å². The fraction of sp³-hybridized carbons (Fsp3) is 0.533. The molecule has 0 unspecified atom stereocenters. The van der Waals surface area contributed by atoms with Crippen LogP contribution in [0.3, 0.4) is 0 Å². The van der Waals surface area contributed by atoms with E-state index in [1.807, 2.05) is 18.2 Å². The molecule has 1 aromatic rings. The van der Waals surface area contributed by atoms with Crippen LogP contribution in [0.1, 0.15) is 25.8 Å². The number of anilines is 1. The summed E-state index contributed by atoms with van der Waals surface area (Å²) in [4.78, 5) is 13.2. The highest BCUT2D eigenvalue weighted by atomic mass is 16.1. The van der Waals surface area contributed by atoms with Crippen LogP contribution >= 0.6 is 0 Å². The van der Waals surface area contributed by atoms with Gasteiger partial charge in [0.25, 0.3) is 0 Å². The second-order valence-corrected chi connectivity index (χ2v) is 5.44. The summed E-state index contributed by atoms with van der Waals surface area (Å²) in [6.45, 7) is 6.42. The molecule has 1 aromatic carbocycles. The van der Waals surface area contributed by atoms with Gasteiger partial charge in [0, 0.05) is 12.2 Å². The van der Waals surface area contributed by atoms with Crippen LogP contribution in [0.25, 0.3) is 0 Å². The molecule has 0 aliphatic carbocycles. The molecule has 1 amide bonds. The molecule has 0 saturated heterocycles. The van der Waals surface area contributed by atoms with Crippen molar-refractivity contribution in [3.8, 4) is 0 Å². The summed E-state index contributed by atoms with van der Waals surface area (Å²) in [5.41, 5.74) is 13.1. The van der Waals surface area contributed by atoms with E-state index >= 15 is 0 Å². The molecular weight excluding hydrogens is 238 g/mol. The summed E-state index contributed by atoms with van der Waals surface area (Å²) in [5.74, 6) is 0.274. The molecule has 0 radical (unpaired) electrons. The summed E-state index contributed by atoms with van der Waals surface area (Å²) in [5, 5.41) is 0. The van der Waals surface area contributed by atoms with Crippen molar-refractivity contribution in [3.63, 3.8) is 0 Å². The van der Waals surface area contributed by atoms with E-state index < -0.39 is 0 Å². The highest BCUT2D eigenvalue weighted by molar-refractivity contribution is 5.75. The van der Waals surface area contributed by atoms with Crippen molar-refractivity contribution in [3.05, 3.63) is 29.8 Å². The Bertz CT molecular complexity index is 404. The van der Waals surface area contributed by atoms with Gasteiger partial charge in [0.2, 0.25) is 5.91 Å². The molecule has 1 rings (SSSR count). The van der Waals surface area contributed by atoms with Gasteiger partial charge in [-0.05, 0) is 43.0 Å². The third-order valence-electron chi connectivity index (χ3n) is 2.89. The van der Waals surface area contributed by atoms with Gasteiger partial charge in [-0.2, -0.15) is 0 Å². The van der Waals surface area contributed by atoms with Crippen molar-refractivity contribution in [2.45, 2.75) is 26.7 Å². The van der Waals surface area contributed by atoms with Gasteiger partial charge in [0.15, 0.2) is 0 Å². The second kappa shape index (κ2) is 7.79. The number of benzene rings is 1. The van der Waals surface area contributed by atoms with Gasteiger partial charge < -0.3 is 11.5 Å². The lowest BCUT2D eigenvalue weighted by Gasteiger charge is -2.22. The van der Waals surface area contributed by atoms with E-state index in [4.69, 9.17) is 11.5 Å². The third-order valence-corrected chi connectivity index (χ3v) is 2.89. The van der Waals surface area contributed by atoms with Crippen LogP contribution in [0.4, 0.5) is 5.69 Å². The number of hydrogen-bond acceptors (Lipinski definition) is 3. The van der Waals surface area contributed by atoms with E-state index in [2.05, 4.69) is 24.8 Å². The maximum atomic E-state index is 11.0. The number of rotatable bonds is 8. The minimum absolute atomic E-state index is 0.260.